The molecule has 0 amide bonds. The fraction of sp³-hybridized carbons (Fsp3) is 0.435. The number of rotatable bonds is 17. The first kappa shape index (κ1) is 44.5. The molecule has 1 saturated heterocycles. The van der Waals surface area contributed by atoms with Crippen LogP contribution in [0.3, 0.4) is 0 Å². The van der Waals surface area contributed by atoms with Gasteiger partial charge < -0.3 is 29.9 Å². The highest BCUT2D eigenvalue weighted by Gasteiger charge is 2.45. The third-order valence-corrected chi connectivity index (χ3v) is 9.16. The fourth-order valence-corrected chi connectivity index (χ4v) is 5.56. The molecule has 6 heteroatoms. The highest BCUT2D eigenvalue weighted by atomic mass is 16.7. The highest BCUT2D eigenvalue weighted by molar-refractivity contribution is 5.61. The summed E-state index contributed by atoms with van der Waals surface area (Å²) in [6.45, 7) is 20.3. The molecule has 6 nitrogen and oxygen atoms in total. The number of aryl methyl sites for hydroxylation is 2. The number of benzene rings is 1. The van der Waals surface area contributed by atoms with E-state index in [4.69, 9.17) is 9.47 Å². The molecule has 0 radical (unpaired) electrons. The average molecular weight is 713 g/mol. The summed E-state index contributed by atoms with van der Waals surface area (Å²) in [5.74, 6) is 0. The van der Waals surface area contributed by atoms with Crippen molar-refractivity contribution in [3.63, 3.8) is 0 Å². The Hall–Kier alpha value is -3.62. The van der Waals surface area contributed by atoms with Gasteiger partial charge in [0, 0.05) is 0 Å². The largest absolute Gasteiger partial charge is 0.394 e. The van der Waals surface area contributed by atoms with Crippen molar-refractivity contribution < 1.29 is 29.9 Å². The maximum absolute atomic E-state index is 10.3. The molecule has 284 valence electrons. The van der Waals surface area contributed by atoms with Crippen molar-refractivity contribution in [3.8, 4) is 0 Å². The molecule has 0 bridgehead atoms. The van der Waals surface area contributed by atoms with Gasteiger partial charge in [-0.3, -0.25) is 0 Å². The van der Waals surface area contributed by atoms with Gasteiger partial charge in [-0.05, 0) is 111 Å². The van der Waals surface area contributed by atoms with E-state index in [2.05, 4.69) is 159 Å². The van der Waals surface area contributed by atoms with Crippen LogP contribution in [-0.4, -0.2) is 63.3 Å². The Morgan fingerprint density at radius 2 is 1.19 bits per heavy atom. The normalized spacial score (nSPS) is 23.5. The predicted octanol–water partition coefficient (Wildman–Crippen LogP) is 9.35. The topological polar surface area (TPSA) is 99.4 Å². The first-order valence-corrected chi connectivity index (χ1v) is 18.3. The SMILES string of the molecule is CC(C=CC=C(C)C=CC=C(C)CCCC(C)(C)OC1OC(CO)C(O)C(O)C1O)=CC=CC=C(C)C=CC=C(C)C=Cc1c(C)ccc(C)c1C. The Kier molecular flexibility index (Phi) is 19.2. The average Bonchev–Trinajstić information content (AvgIpc) is 3.08. The summed E-state index contributed by atoms with van der Waals surface area (Å²) < 4.78 is 11.5. The fourth-order valence-electron chi connectivity index (χ4n) is 5.56. The van der Waals surface area contributed by atoms with E-state index in [-0.39, 0.29) is 0 Å². The molecule has 0 spiro atoms. The zero-order chi connectivity index (χ0) is 38.8. The molecule has 0 aromatic heterocycles. The summed E-state index contributed by atoms with van der Waals surface area (Å²) in [4.78, 5) is 0. The van der Waals surface area contributed by atoms with Crippen molar-refractivity contribution in [2.75, 3.05) is 6.61 Å². The summed E-state index contributed by atoms with van der Waals surface area (Å²) in [6, 6.07) is 4.36. The maximum Gasteiger partial charge on any atom is 0.187 e. The van der Waals surface area contributed by atoms with Crippen molar-refractivity contribution in [3.05, 3.63) is 147 Å². The summed E-state index contributed by atoms with van der Waals surface area (Å²) in [5, 5.41) is 39.7. The summed E-state index contributed by atoms with van der Waals surface area (Å²) >= 11 is 0. The smallest absolute Gasteiger partial charge is 0.187 e. The zero-order valence-electron chi connectivity index (χ0n) is 33.1. The lowest BCUT2D eigenvalue weighted by atomic mass is 9.96. The monoisotopic (exact) mass is 712 g/mol. The Bertz CT molecular complexity index is 1600. The molecule has 1 aromatic rings. The first-order chi connectivity index (χ1) is 24.5. The van der Waals surface area contributed by atoms with Crippen LogP contribution in [0, 0.1) is 20.8 Å². The Labute approximate surface area is 314 Å². The van der Waals surface area contributed by atoms with Gasteiger partial charge in [0.05, 0.1) is 12.2 Å². The van der Waals surface area contributed by atoms with Crippen molar-refractivity contribution >= 4 is 6.08 Å². The standard InChI is InChI=1S/C46H64O6/c1-32(17-11-12-18-33(2)20-15-24-36(5)26-29-40-38(7)28-27-37(6)39(40)8)19-13-21-34(3)22-14-23-35(4)25-16-30-46(9,10)52-45-44(50)43(49)42(48)41(31-47)51-45/h11-15,17-24,26-29,41-45,47-50H,16,25,30-31H2,1-10H3. The predicted molar refractivity (Wildman–Crippen MR) is 218 cm³/mol. The summed E-state index contributed by atoms with van der Waals surface area (Å²) in [5.41, 5.74) is 10.5. The van der Waals surface area contributed by atoms with Crippen LogP contribution in [0.5, 0.6) is 0 Å². The summed E-state index contributed by atoms with van der Waals surface area (Å²) in [7, 11) is 0. The van der Waals surface area contributed by atoms with Crippen molar-refractivity contribution in [2.45, 2.75) is 125 Å². The second kappa shape index (κ2) is 22.4. The Morgan fingerprint density at radius 1 is 0.692 bits per heavy atom. The van der Waals surface area contributed by atoms with Crippen LogP contribution in [0.2, 0.25) is 0 Å². The van der Waals surface area contributed by atoms with Crippen molar-refractivity contribution in [1.82, 2.24) is 0 Å². The minimum absolute atomic E-state index is 0.480. The van der Waals surface area contributed by atoms with E-state index in [0.717, 1.165) is 24.0 Å². The van der Waals surface area contributed by atoms with E-state index in [1.807, 2.05) is 13.8 Å². The maximum atomic E-state index is 10.3. The van der Waals surface area contributed by atoms with Crippen LogP contribution in [0.1, 0.15) is 90.0 Å². The van der Waals surface area contributed by atoms with Crippen LogP contribution in [0.4, 0.5) is 0 Å². The van der Waals surface area contributed by atoms with E-state index >= 15 is 0 Å². The quantitative estimate of drug-likeness (QED) is 0.120. The third-order valence-electron chi connectivity index (χ3n) is 9.16. The second-order valence-corrected chi connectivity index (χ2v) is 14.6. The summed E-state index contributed by atoms with van der Waals surface area (Å²) in [6.07, 6.45) is 27.6. The number of allylic oxidation sites excluding steroid dienone is 19. The lowest BCUT2D eigenvalue weighted by molar-refractivity contribution is -0.323. The lowest BCUT2D eigenvalue weighted by Gasteiger charge is -2.42. The molecule has 5 unspecified atom stereocenters. The van der Waals surface area contributed by atoms with Crippen molar-refractivity contribution in [2.24, 2.45) is 0 Å². The molecule has 4 N–H and O–H groups in total. The molecule has 1 heterocycles. The van der Waals surface area contributed by atoms with Crippen LogP contribution in [0.15, 0.2) is 125 Å². The molecular weight excluding hydrogens is 648 g/mol. The van der Waals surface area contributed by atoms with E-state index in [1.165, 1.54) is 39.0 Å². The van der Waals surface area contributed by atoms with Gasteiger partial charge in [-0.2, -0.15) is 0 Å². The van der Waals surface area contributed by atoms with Crippen LogP contribution >= 0.6 is 0 Å². The Morgan fingerprint density at radius 3 is 1.75 bits per heavy atom. The number of ether oxygens (including phenoxy) is 2. The van der Waals surface area contributed by atoms with Gasteiger partial charge in [0.2, 0.25) is 0 Å². The molecule has 52 heavy (non-hydrogen) atoms. The molecule has 1 aromatic carbocycles. The molecule has 1 fully saturated rings. The molecule has 0 aliphatic carbocycles. The number of hydrogen-bond donors (Lipinski definition) is 4. The van der Waals surface area contributed by atoms with E-state index in [0.29, 0.717) is 6.42 Å². The first-order valence-electron chi connectivity index (χ1n) is 18.3. The second-order valence-electron chi connectivity index (χ2n) is 14.6. The molecule has 1 aliphatic rings. The van der Waals surface area contributed by atoms with Crippen LogP contribution < -0.4 is 0 Å². The van der Waals surface area contributed by atoms with E-state index in [9.17, 15) is 20.4 Å². The highest BCUT2D eigenvalue weighted by Crippen LogP contribution is 2.28. The lowest BCUT2D eigenvalue weighted by Crippen LogP contribution is -2.60. The molecule has 2 rings (SSSR count). The number of aliphatic hydroxyl groups excluding tert-OH is 4. The van der Waals surface area contributed by atoms with Crippen LogP contribution in [-0.2, 0) is 9.47 Å². The minimum atomic E-state index is -1.45. The molecule has 0 saturated carbocycles. The van der Waals surface area contributed by atoms with Gasteiger partial charge in [0.25, 0.3) is 0 Å². The Balaban J connectivity index is 1.79. The van der Waals surface area contributed by atoms with Crippen molar-refractivity contribution in [1.29, 1.82) is 0 Å². The molecule has 1 aliphatic heterocycles. The number of hydrogen-bond acceptors (Lipinski definition) is 6. The van der Waals surface area contributed by atoms with Crippen LogP contribution in [0.25, 0.3) is 6.08 Å². The van der Waals surface area contributed by atoms with E-state index in [1.54, 1.807) is 0 Å². The van der Waals surface area contributed by atoms with Gasteiger partial charge in [-0.1, -0.05) is 131 Å². The van der Waals surface area contributed by atoms with Gasteiger partial charge in [-0.25, -0.2) is 0 Å². The van der Waals surface area contributed by atoms with Gasteiger partial charge in [0.15, 0.2) is 6.29 Å². The zero-order valence-corrected chi connectivity index (χ0v) is 33.1. The van der Waals surface area contributed by atoms with E-state index < -0.39 is 42.9 Å². The van der Waals surface area contributed by atoms with Gasteiger partial charge in [-0.15, -0.1) is 0 Å². The number of aliphatic hydroxyl groups is 4. The van der Waals surface area contributed by atoms with Gasteiger partial charge >= 0.3 is 0 Å². The molecular formula is C46H64O6. The molecule has 5 atom stereocenters. The van der Waals surface area contributed by atoms with Gasteiger partial charge in [0.1, 0.15) is 24.4 Å². The third kappa shape index (κ3) is 16.0. The minimum Gasteiger partial charge on any atom is -0.394 e.